The standard InChI is InChI=1S/C36H67NO6/c1-5-9-10-11-12-13-14-15-16-17-18-19-20-21-22-23-24-25-26-30-37(31(27-6-2)34(38)39,32(28-7-3)35(40)41)33(29-8-4)36(42)43/h17-18,31-33H,5-16,19-30H2,1-4H3,(H2-,38,39,40,41,42,43)/b18-17+. The van der Waals surface area contributed by atoms with E-state index < -0.39 is 40.5 Å². The minimum Gasteiger partial charge on any atom is -0.544 e. The van der Waals surface area contributed by atoms with E-state index in [9.17, 15) is 29.7 Å². The van der Waals surface area contributed by atoms with Crippen LogP contribution in [0.15, 0.2) is 12.2 Å². The van der Waals surface area contributed by atoms with Gasteiger partial charge in [-0.05, 0) is 51.4 Å². The molecule has 0 aliphatic heterocycles. The van der Waals surface area contributed by atoms with E-state index in [4.69, 9.17) is 0 Å². The first-order chi connectivity index (χ1) is 20.7. The second-order valence-corrected chi connectivity index (χ2v) is 12.6. The Morgan fingerprint density at radius 1 is 0.535 bits per heavy atom. The van der Waals surface area contributed by atoms with Crippen LogP contribution in [0.2, 0.25) is 0 Å². The van der Waals surface area contributed by atoms with Gasteiger partial charge in [-0.3, -0.25) is 4.48 Å². The second-order valence-electron chi connectivity index (χ2n) is 12.6. The maximum absolute atomic E-state index is 12.6. The molecule has 43 heavy (non-hydrogen) atoms. The van der Waals surface area contributed by atoms with Crippen molar-refractivity contribution in [1.82, 2.24) is 0 Å². The SMILES string of the molecule is CCCCCCCCCC/C=C/CCCCCCCCC[N+](C(CCC)C(=O)[O-])(C(CCC)C(=O)O)C(CCC)C(=O)O. The van der Waals surface area contributed by atoms with Gasteiger partial charge in [0.05, 0.1) is 12.5 Å². The highest BCUT2D eigenvalue weighted by Crippen LogP contribution is 2.34. The quantitative estimate of drug-likeness (QED) is 0.0463. The average molecular weight is 610 g/mol. The first-order valence-corrected chi connectivity index (χ1v) is 17.9. The lowest BCUT2D eigenvalue weighted by atomic mass is 9.91. The number of rotatable bonds is 31. The third-order valence-electron chi connectivity index (χ3n) is 9.08. The lowest BCUT2D eigenvalue weighted by Crippen LogP contribution is -2.74. The summed E-state index contributed by atoms with van der Waals surface area (Å²) in [5.41, 5.74) is 0. The summed E-state index contributed by atoms with van der Waals surface area (Å²) in [6.45, 7) is 8.07. The van der Waals surface area contributed by atoms with Crippen LogP contribution in [0.1, 0.15) is 175 Å². The van der Waals surface area contributed by atoms with Gasteiger partial charge in [0, 0.05) is 19.3 Å². The molecular weight excluding hydrogens is 542 g/mol. The number of quaternary nitrogens is 1. The average Bonchev–Trinajstić information content (AvgIpc) is 2.97. The van der Waals surface area contributed by atoms with Gasteiger partial charge in [0.2, 0.25) is 0 Å². The van der Waals surface area contributed by atoms with E-state index in [1.165, 1.54) is 70.6 Å². The highest BCUT2D eigenvalue weighted by molar-refractivity contribution is 5.77. The van der Waals surface area contributed by atoms with E-state index in [1.807, 2.05) is 20.8 Å². The van der Waals surface area contributed by atoms with Gasteiger partial charge in [0.1, 0.15) is 6.04 Å². The van der Waals surface area contributed by atoms with Crippen LogP contribution in [-0.2, 0) is 14.4 Å². The summed E-state index contributed by atoms with van der Waals surface area (Å²) in [5, 5.41) is 33.0. The van der Waals surface area contributed by atoms with Crippen LogP contribution < -0.4 is 5.11 Å². The van der Waals surface area contributed by atoms with Crippen molar-refractivity contribution in [3.05, 3.63) is 12.2 Å². The summed E-state index contributed by atoms with van der Waals surface area (Å²) in [7, 11) is 0. The highest BCUT2D eigenvalue weighted by Gasteiger charge is 2.54. The van der Waals surface area contributed by atoms with E-state index in [0.717, 1.165) is 32.1 Å². The molecule has 0 fully saturated rings. The van der Waals surface area contributed by atoms with Crippen LogP contribution in [0, 0.1) is 0 Å². The predicted octanol–water partition coefficient (Wildman–Crippen LogP) is 8.44. The van der Waals surface area contributed by atoms with Gasteiger partial charge in [-0.1, -0.05) is 117 Å². The van der Waals surface area contributed by atoms with Gasteiger partial charge in [0.15, 0.2) is 12.1 Å². The Morgan fingerprint density at radius 2 is 0.884 bits per heavy atom. The number of aliphatic carboxylic acids is 3. The molecule has 3 atom stereocenters. The molecule has 7 nitrogen and oxygen atoms in total. The van der Waals surface area contributed by atoms with Crippen molar-refractivity contribution in [3.8, 4) is 0 Å². The molecule has 0 radical (unpaired) electrons. The van der Waals surface area contributed by atoms with E-state index in [-0.39, 0.29) is 25.8 Å². The molecule has 0 spiro atoms. The van der Waals surface area contributed by atoms with E-state index in [0.29, 0.717) is 25.7 Å². The van der Waals surface area contributed by atoms with Crippen LogP contribution in [0.25, 0.3) is 0 Å². The summed E-state index contributed by atoms with van der Waals surface area (Å²) in [6, 6.07) is -3.33. The fourth-order valence-electron chi connectivity index (χ4n) is 6.80. The van der Waals surface area contributed by atoms with Gasteiger partial charge in [-0.15, -0.1) is 0 Å². The van der Waals surface area contributed by atoms with Crippen LogP contribution in [0.5, 0.6) is 0 Å². The van der Waals surface area contributed by atoms with Crippen molar-refractivity contribution in [1.29, 1.82) is 0 Å². The third kappa shape index (κ3) is 16.7. The number of unbranched alkanes of at least 4 members (excludes halogenated alkanes) is 15. The van der Waals surface area contributed by atoms with Crippen molar-refractivity contribution in [3.63, 3.8) is 0 Å². The second kappa shape index (κ2) is 26.5. The third-order valence-corrected chi connectivity index (χ3v) is 9.08. The Bertz CT molecular complexity index is 692. The molecule has 7 heteroatoms. The van der Waals surface area contributed by atoms with Crippen molar-refractivity contribution >= 4 is 17.9 Å². The fourth-order valence-corrected chi connectivity index (χ4v) is 6.80. The first kappa shape index (κ1) is 41.1. The van der Waals surface area contributed by atoms with E-state index in [1.54, 1.807) is 0 Å². The lowest BCUT2D eigenvalue weighted by molar-refractivity contribution is -0.975. The maximum atomic E-state index is 12.6. The molecule has 0 heterocycles. The molecule has 0 saturated carbocycles. The van der Waals surface area contributed by atoms with E-state index in [2.05, 4.69) is 19.1 Å². The molecule has 252 valence electrons. The van der Waals surface area contributed by atoms with Gasteiger partial charge in [-0.25, -0.2) is 9.59 Å². The van der Waals surface area contributed by atoms with Crippen LogP contribution in [0.4, 0.5) is 0 Å². The van der Waals surface area contributed by atoms with Gasteiger partial charge in [-0.2, -0.15) is 0 Å². The Kier molecular flexibility index (Phi) is 25.3. The number of carbonyl (C=O) groups excluding carboxylic acids is 1. The zero-order chi connectivity index (χ0) is 32.3. The smallest absolute Gasteiger partial charge is 0.362 e. The number of nitrogens with zero attached hydrogens (tertiary/aromatic N) is 1. The lowest BCUT2D eigenvalue weighted by Gasteiger charge is -2.52. The molecule has 0 aromatic carbocycles. The Balaban J connectivity index is 4.85. The number of carbonyl (C=O) groups is 3. The Labute approximate surface area is 264 Å². The Hall–Kier alpha value is -1.89. The maximum Gasteiger partial charge on any atom is 0.362 e. The molecule has 0 aliphatic carbocycles. The summed E-state index contributed by atoms with van der Waals surface area (Å²) < 4.78 is -0.437. The summed E-state index contributed by atoms with van der Waals surface area (Å²) in [5.74, 6) is -3.56. The predicted molar refractivity (Wildman–Crippen MR) is 175 cm³/mol. The van der Waals surface area contributed by atoms with Crippen molar-refractivity contribution in [2.75, 3.05) is 6.54 Å². The molecule has 0 saturated heterocycles. The summed E-state index contributed by atoms with van der Waals surface area (Å²) in [6.07, 6.45) is 27.1. The zero-order valence-electron chi connectivity index (χ0n) is 28.3. The summed E-state index contributed by atoms with van der Waals surface area (Å²) >= 11 is 0. The van der Waals surface area contributed by atoms with Gasteiger partial charge in [0.25, 0.3) is 0 Å². The van der Waals surface area contributed by atoms with Crippen molar-refractivity contribution < 1.29 is 34.2 Å². The number of carboxylic acid groups (broad SMARTS) is 3. The molecule has 0 aromatic heterocycles. The monoisotopic (exact) mass is 609 g/mol. The Morgan fingerprint density at radius 3 is 1.23 bits per heavy atom. The van der Waals surface area contributed by atoms with Crippen LogP contribution >= 0.6 is 0 Å². The molecule has 0 aromatic rings. The van der Waals surface area contributed by atoms with E-state index >= 15 is 0 Å². The van der Waals surface area contributed by atoms with Gasteiger partial charge >= 0.3 is 11.9 Å². The molecule has 3 unspecified atom stereocenters. The molecule has 0 rings (SSSR count). The molecule has 0 amide bonds. The first-order valence-electron chi connectivity index (χ1n) is 17.9. The number of allylic oxidation sites excluding steroid dienone is 2. The van der Waals surface area contributed by atoms with Crippen molar-refractivity contribution in [2.24, 2.45) is 0 Å². The molecule has 0 aliphatic rings. The minimum atomic E-state index is -1.33. The van der Waals surface area contributed by atoms with Crippen molar-refractivity contribution in [2.45, 2.75) is 193 Å². The largest absolute Gasteiger partial charge is 0.544 e. The molecule has 0 bridgehead atoms. The molecule has 2 N–H and O–H groups in total. The minimum absolute atomic E-state index is 0.205. The number of carboxylic acids is 3. The fraction of sp³-hybridized carbons (Fsp3) is 0.861. The zero-order valence-corrected chi connectivity index (χ0v) is 28.3. The highest BCUT2D eigenvalue weighted by atomic mass is 16.4. The number of hydrogen-bond acceptors (Lipinski definition) is 4. The molecular formula is C36H67NO6. The normalized spacial score (nSPS) is 15.3. The van der Waals surface area contributed by atoms with Gasteiger partial charge < -0.3 is 20.1 Å². The topological polar surface area (TPSA) is 115 Å². The van der Waals surface area contributed by atoms with Crippen LogP contribution in [-0.4, -0.2) is 57.3 Å². The van der Waals surface area contributed by atoms with Crippen LogP contribution in [0.3, 0.4) is 0 Å². The summed E-state index contributed by atoms with van der Waals surface area (Å²) in [4.78, 5) is 37.6. The number of hydrogen-bond donors (Lipinski definition) is 2.